The maximum Gasteiger partial charge on any atom is 0.240 e. The van der Waals surface area contributed by atoms with Gasteiger partial charge >= 0.3 is 0 Å². The van der Waals surface area contributed by atoms with Gasteiger partial charge in [0.05, 0.1) is 10.6 Å². The zero-order chi connectivity index (χ0) is 21.0. The van der Waals surface area contributed by atoms with Crippen LogP contribution in [0.4, 0.5) is 24.5 Å². The van der Waals surface area contributed by atoms with Crippen LogP contribution >= 0.6 is 0 Å². The molecule has 2 N–H and O–H groups in total. The number of sulfonamides is 1. The molecule has 1 fully saturated rings. The molecule has 0 unspecified atom stereocenters. The Labute approximate surface area is 166 Å². The van der Waals surface area contributed by atoms with Crippen LogP contribution in [0.25, 0.3) is 0 Å². The molecule has 0 aromatic heterocycles. The number of carbonyl (C=O) groups is 1. The van der Waals surface area contributed by atoms with Crippen LogP contribution in [0.2, 0.25) is 0 Å². The van der Waals surface area contributed by atoms with Crippen LogP contribution in [0.5, 0.6) is 0 Å². The number of amides is 1. The van der Waals surface area contributed by atoms with Crippen molar-refractivity contribution in [3.05, 3.63) is 53.8 Å². The lowest BCUT2D eigenvalue weighted by molar-refractivity contribution is -0.116. The molecular weight excluding hydrogens is 407 g/mol. The van der Waals surface area contributed by atoms with Gasteiger partial charge in [0.2, 0.25) is 15.9 Å². The van der Waals surface area contributed by atoms with Crippen molar-refractivity contribution in [3.8, 4) is 0 Å². The zero-order valence-corrected chi connectivity index (χ0v) is 16.2. The third-order valence-corrected chi connectivity index (χ3v) is 5.98. The minimum atomic E-state index is -4.09. The molecule has 10 heteroatoms. The molecule has 1 heterocycles. The SMILES string of the molecule is O=C(CCNS(=O)(=O)c1ccc(F)c(F)c1)Nc1ccc(N2CCCC2)c(F)c1. The van der Waals surface area contributed by atoms with E-state index in [0.29, 0.717) is 17.8 Å². The summed E-state index contributed by atoms with van der Waals surface area (Å²) >= 11 is 0. The Morgan fingerprint density at radius 3 is 2.34 bits per heavy atom. The normalized spacial score (nSPS) is 14.2. The van der Waals surface area contributed by atoms with Gasteiger partial charge in [-0.25, -0.2) is 26.3 Å². The number of hydrogen-bond acceptors (Lipinski definition) is 4. The van der Waals surface area contributed by atoms with Gasteiger partial charge in [0.25, 0.3) is 0 Å². The number of nitrogens with zero attached hydrogens (tertiary/aromatic N) is 1. The topological polar surface area (TPSA) is 78.5 Å². The highest BCUT2D eigenvalue weighted by Crippen LogP contribution is 2.26. The van der Waals surface area contributed by atoms with Crippen molar-refractivity contribution in [2.45, 2.75) is 24.2 Å². The molecule has 0 atom stereocenters. The number of nitrogens with one attached hydrogen (secondary N) is 2. The number of hydrogen-bond donors (Lipinski definition) is 2. The van der Waals surface area contributed by atoms with E-state index >= 15 is 0 Å². The van der Waals surface area contributed by atoms with Crippen LogP contribution in [-0.4, -0.2) is 34.0 Å². The van der Waals surface area contributed by atoms with Crippen LogP contribution in [-0.2, 0) is 14.8 Å². The molecule has 1 aliphatic heterocycles. The fraction of sp³-hybridized carbons (Fsp3) is 0.316. The summed E-state index contributed by atoms with van der Waals surface area (Å²) in [5.74, 6) is -3.41. The van der Waals surface area contributed by atoms with Crippen molar-refractivity contribution in [1.29, 1.82) is 0 Å². The van der Waals surface area contributed by atoms with Crippen molar-refractivity contribution in [2.24, 2.45) is 0 Å². The van der Waals surface area contributed by atoms with Crippen molar-refractivity contribution >= 4 is 27.3 Å². The standard InChI is InChI=1S/C19H20F3N3O3S/c20-15-5-4-14(12-16(15)21)29(27,28)23-8-7-19(26)24-13-3-6-18(17(22)11-13)25-9-1-2-10-25/h3-6,11-12,23H,1-2,7-10H2,(H,24,26). The van der Waals surface area contributed by atoms with Crippen LogP contribution in [0, 0.1) is 17.5 Å². The molecule has 0 aliphatic carbocycles. The number of carbonyl (C=O) groups excluding carboxylic acids is 1. The van der Waals surface area contributed by atoms with Gasteiger partial charge in [0.1, 0.15) is 5.82 Å². The molecule has 0 bridgehead atoms. The van der Waals surface area contributed by atoms with Gasteiger partial charge in [-0.15, -0.1) is 0 Å². The van der Waals surface area contributed by atoms with Crippen molar-refractivity contribution < 1.29 is 26.4 Å². The predicted molar refractivity (Wildman–Crippen MR) is 103 cm³/mol. The molecule has 1 saturated heterocycles. The molecule has 3 rings (SSSR count). The monoisotopic (exact) mass is 427 g/mol. The summed E-state index contributed by atoms with van der Waals surface area (Å²) in [6, 6.07) is 6.59. The molecule has 1 amide bonds. The van der Waals surface area contributed by atoms with E-state index < -0.39 is 38.3 Å². The summed E-state index contributed by atoms with van der Waals surface area (Å²) < 4.78 is 66.6. The zero-order valence-electron chi connectivity index (χ0n) is 15.4. The second-order valence-corrected chi connectivity index (χ2v) is 8.40. The minimum Gasteiger partial charge on any atom is -0.369 e. The Hall–Kier alpha value is -2.59. The summed E-state index contributed by atoms with van der Waals surface area (Å²) in [6.45, 7) is 1.32. The third-order valence-electron chi connectivity index (χ3n) is 4.52. The first-order valence-electron chi connectivity index (χ1n) is 9.05. The quantitative estimate of drug-likeness (QED) is 0.712. The molecule has 0 saturated carbocycles. The van der Waals surface area contributed by atoms with Crippen molar-refractivity contribution in [1.82, 2.24) is 4.72 Å². The summed E-state index contributed by atoms with van der Waals surface area (Å²) in [4.78, 5) is 13.5. The first-order valence-corrected chi connectivity index (χ1v) is 10.5. The fourth-order valence-electron chi connectivity index (χ4n) is 3.05. The average Bonchev–Trinajstić information content (AvgIpc) is 3.18. The second kappa shape index (κ2) is 8.83. The third kappa shape index (κ3) is 5.27. The van der Waals surface area contributed by atoms with E-state index in [0.717, 1.165) is 32.0 Å². The summed E-state index contributed by atoms with van der Waals surface area (Å²) in [6.07, 6.45) is 1.80. The molecule has 156 valence electrons. The van der Waals surface area contributed by atoms with Gasteiger partial charge in [-0.3, -0.25) is 4.79 Å². The first-order chi connectivity index (χ1) is 13.8. The van der Waals surface area contributed by atoms with Gasteiger partial charge < -0.3 is 10.2 Å². The van der Waals surface area contributed by atoms with Gasteiger partial charge in [0.15, 0.2) is 11.6 Å². The molecule has 6 nitrogen and oxygen atoms in total. The van der Waals surface area contributed by atoms with E-state index in [-0.39, 0.29) is 18.7 Å². The maximum atomic E-state index is 14.3. The molecule has 1 aliphatic rings. The van der Waals surface area contributed by atoms with E-state index in [9.17, 15) is 26.4 Å². The van der Waals surface area contributed by atoms with Gasteiger partial charge in [-0.05, 0) is 49.2 Å². The van der Waals surface area contributed by atoms with E-state index in [1.54, 1.807) is 12.1 Å². The van der Waals surface area contributed by atoms with E-state index in [2.05, 4.69) is 10.0 Å². The molecule has 29 heavy (non-hydrogen) atoms. The van der Waals surface area contributed by atoms with Crippen LogP contribution in [0.15, 0.2) is 41.3 Å². The highest BCUT2D eigenvalue weighted by atomic mass is 32.2. The Balaban J connectivity index is 1.53. The molecule has 0 radical (unpaired) electrons. The highest BCUT2D eigenvalue weighted by molar-refractivity contribution is 7.89. The first kappa shape index (κ1) is 21.1. The van der Waals surface area contributed by atoms with Crippen molar-refractivity contribution in [3.63, 3.8) is 0 Å². The summed E-state index contributed by atoms with van der Waals surface area (Å²) in [5, 5.41) is 2.50. The fourth-order valence-corrected chi connectivity index (χ4v) is 4.09. The maximum absolute atomic E-state index is 14.3. The lowest BCUT2D eigenvalue weighted by Crippen LogP contribution is -2.28. The van der Waals surface area contributed by atoms with Crippen LogP contribution in [0.3, 0.4) is 0 Å². The Bertz CT molecular complexity index is 1010. The van der Waals surface area contributed by atoms with Gasteiger partial charge in [-0.2, -0.15) is 0 Å². The average molecular weight is 427 g/mol. The number of rotatable bonds is 7. The van der Waals surface area contributed by atoms with E-state index in [4.69, 9.17) is 0 Å². The van der Waals surface area contributed by atoms with Gasteiger partial charge in [-0.1, -0.05) is 0 Å². The summed E-state index contributed by atoms with van der Waals surface area (Å²) in [5.41, 5.74) is 0.749. The predicted octanol–water partition coefficient (Wildman–Crippen LogP) is 3.01. The van der Waals surface area contributed by atoms with Gasteiger partial charge in [0, 0.05) is 31.7 Å². The van der Waals surface area contributed by atoms with E-state index in [1.807, 2.05) is 4.90 Å². The van der Waals surface area contributed by atoms with Crippen LogP contribution < -0.4 is 14.9 Å². The lowest BCUT2D eigenvalue weighted by atomic mass is 10.2. The minimum absolute atomic E-state index is 0.224. The smallest absolute Gasteiger partial charge is 0.240 e. The Kier molecular flexibility index (Phi) is 6.43. The van der Waals surface area contributed by atoms with Crippen molar-refractivity contribution in [2.75, 3.05) is 29.9 Å². The molecular formula is C19H20F3N3O3S. The summed E-state index contributed by atoms with van der Waals surface area (Å²) in [7, 11) is -4.09. The number of halogens is 3. The number of benzene rings is 2. The molecule has 0 spiro atoms. The molecule has 2 aromatic carbocycles. The largest absolute Gasteiger partial charge is 0.369 e. The van der Waals surface area contributed by atoms with Crippen LogP contribution in [0.1, 0.15) is 19.3 Å². The molecule has 2 aromatic rings. The second-order valence-electron chi connectivity index (χ2n) is 6.63. The highest BCUT2D eigenvalue weighted by Gasteiger charge is 2.18. The Morgan fingerprint density at radius 1 is 0.966 bits per heavy atom. The number of anilines is 2. The lowest BCUT2D eigenvalue weighted by Gasteiger charge is -2.18. The van der Waals surface area contributed by atoms with E-state index in [1.165, 1.54) is 6.07 Å². The Morgan fingerprint density at radius 2 is 1.69 bits per heavy atom.